The van der Waals surface area contributed by atoms with Crippen LogP contribution in [0.2, 0.25) is 0 Å². The van der Waals surface area contributed by atoms with Gasteiger partial charge in [0.25, 0.3) is 0 Å². The number of nitrogens with one attached hydrogen (secondary N) is 1. The Labute approximate surface area is 125 Å². The van der Waals surface area contributed by atoms with Crippen molar-refractivity contribution in [2.24, 2.45) is 10.7 Å². The maximum absolute atomic E-state index is 5.77. The number of nitrogens with two attached hydrogens (primary N) is 1. The van der Waals surface area contributed by atoms with Gasteiger partial charge >= 0.3 is 0 Å². The Morgan fingerprint density at radius 2 is 2.52 bits per heavy atom. The van der Waals surface area contributed by atoms with Crippen molar-refractivity contribution < 1.29 is 9.47 Å². The van der Waals surface area contributed by atoms with E-state index < -0.39 is 0 Å². The minimum atomic E-state index is 0.0959. The van der Waals surface area contributed by atoms with E-state index in [0.29, 0.717) is 31.5 Å². The molecule has 1 atom stereocenters. The quantitative estimate of drug-likeness (QED) is 0.468. The highest BCUT2D eigenvalue weighted by atomic mass is 16.5. The number of guanidine groups is 1. The fourth-order valence-electron chi connectivity index (χ4n) is 1.86. The van der Waals surface area contributed by atoms with E-state index in [2.05, 4.69) is 21.9 Å². The van der Waals surface area contributed by atoms with Gasteiger partial charge in [-0.25, -0.2) is 9.98 Å². The maximum atomic E-state index is 5.77. The Bertz CT molecular complexity index is 510. The Morgan fingerprint density at radius 3 is 3.24 bits per heavy atom. The molecule has 6 nitrogen and oxygen atoms in total. The summed E-state index contributed by atoms with van der Waals surface area (Å²) in [6.45, 7) is 8.21. The highest BCUT2D eigenvalue weighted by Gasteiger charge is 2.17. The van der Waals surface area contributed by atoms with Crippen molar-refractivity contribution in [2.75, 3.05) is 19.8 Å². The fraction of sp³-hybridized carbons (Fsp3) is 0.467. The number of aromatic nitrogens is 1. The molecule has 0 aromatic carbocycles. The van der Waals surface area contributed by atoms with Crippen molar-refractivity contribution in [3.63, 3.8) is 0 Å². The third-order valence-corrected chi connectivity index (χ3v) is 2.98. The fourth-order valence-corrected chi connectivity index (χ4v) is 1.86. The topological polar surface area (TPSA) is 81.8 Å². The third-order valence-electron chi connectivity index (χ3n) is 2.98. The molecule has 1 unspecified atom stereocenters. The lowest BCUT2D eigenvalue weighted by Gasteiger charge is -2.11. The predicted molar refractivity (Wildman–Crippen MR) is 82.2 cm³/mol. The predicted octanol–water partition coefficient (Wildman–Crippen LogP) is 1.23. The van der Waals surface area contributed by atoms with Crippen LogP contribution in [0, 0.1) is 0 Å². The molecule has 114 valence electrons. The van der Waals surface area contributed by atoms with Gasteiger partial charge in [0.15, 0.2) is 5.96 Å². The summed E-state index contributed by atoms with van der Waals surface area (Å²) >= 11 is 0. The lowest BCUT2D eigenvalue weighted by atomic mass is 10.2. The van der Waals surface area contributed by atoms with Crippen molar-refractivity contribution in [1.29, 1.82) is 0 Å². The van der Waals surface area contributed by atoms with Crippen LogP contribution in [-0.2, 0) is 11.3 Å². The molecule has 6 heteroatoms. The average molecular weight is 290 g/mol. The van der Waals surface area contributed by atoms with Gasteiger partial charge in [0.1, 0.15) is 6.10 Å². The summed E-state index contributed by atoms with van der Waals surface area (Å²) in [5.74, 6) is 1.01. The molecule has 2 heterocycles. The molecule has 1 aromatic rings. The average Bonchev–Trinajstić information content (AvgIpc) is 2.96. The number of pyridine rings is 1. The van der Waals surface area contributed by atoms with E-state index in [0.717, 1.165) is 24.2 Å². The molecule has 0 spiro atoms. The second-order valence-electron chi connectivity index (χ2n) is 5.12. The first-order chi connectivity index (χ1) is 10.1. The van der Waals surface area contributed by atoms with Crippen LogP contribution in [0.25, 0.3) is 0 Å². The van der Waals surface area contributed by atoms with Crippen molar-refractivity contribution in [2.45, 2.75) is 26.0 Å². The van der Waals surface area contributed by atoms with Gasteiger partial charge in [-0.3, -0.25) is 0 Å². The van der Waals surface area contributed by atoms with Gasteiger partial charge in [0.05, 0.1) is 19.8 Å². The third kappa shape index (κ3) is 5.43. The molecule has 0 saturated carbocycles. The highest BCUT2D eigenvalue weighted by Crippen LogP contribution is 2.16. The Balaban J connectivity index is 1.88. The van der Waals surface area contributed by atoms with E-state index in [1.165, 1.54) is 0 Å². The lowest BCUT2D eigenvalue weighted by Crippen LogP contribution is -2.32. The summed E-state index contributed by atoms with van der Waals surface area (Å²) in [6.07, 6.45) is 2.72. The van der Waals surface area contributed by atoms with Gasteiger partial charge in [-0.15, -0.1) is 0 Å². The molecular weight excluding hydrogens is 268 g/mol. The van der Waals surface area contributed by atoms with Crippen LogP contribution in [0.15, 0.2) is 35.5 Å². The molecular formula is C15H22N4O2. The zero-order valence-corrected chi connectivity index (χ0v) is 12.3. The van der Waals surface area contributed by atoms with Gasteiger partial charge in [-0.05, 0) is 18.6 Å². The molecule has 1 aromatic heterocycles. The van der Waals surface area contributed by atoms with E-state index in [-0.39, 0.29) is 6.10 Å². The van der Waals surface area contributed by atoms with Crippen molar-refractivity contribution in [3.8, 4) is 5.88 Å². The molecule has 2 rings (SSSR count). The lowest BCUT2D eigenvalue weighted by molar-refractivity contribution is 0.138. The molecule has 1 aliphatic heterocycles. The van der Waals surface area contributed by atoms with Crippen molar-refractivity contribution in [3.05, 3.63) is 36.0 Å². The molecule has 0 bridgehead atoms. The van der Waals surface area contributed by atoms with Crippen LogP contribution >= 0.6 is 0 Å². The zero-order chi connectivity index (χ0) is 15.1. The number of ether oxygens (including phenoxy) is 2. The largest absolute Gasteiger partial charge is 0.472 e. The molecule has 1 fully saturated rings. The second-order valence-corrected chi connectivity index (χ2v) is 5.12. The molecule has 0 aliphatic carbocycles. The van der Waals surface area contributed by atoms with E-state index in [1.807, 2.05) is 19.1 Å². The van der Waals surface area contributed by atoms with Crippen molar-refractivity contribution >= 4 is 5.96 Å². The first-order valence-corrected chi connectivity index (χ1v) is 7.01. The summed E-state index contributed by atoms with van der Waals surface area (Å²) in [5.41, 5.74) is 7.78. The molecule has 1 aliphatic rings. The molecule has 3 N–H and O–H groups in total. The van der Waals surface area contributed by atoms with Gasteiger partial charge < -0.3 is 20.5 Å². The number of hydrogen-bond donors (Lipinski definition) is 2. The molecule has 0 amide bonds. The molecule has 21 heavy (non-hydrogen) atoms. The van der Waals surface area contributed by atoms with E-state index in [1.54, 1.807) is 6.20 Å². The zero-order valence-electron chi connectivity index (χ0n) is 12.3. The van der Waals surface area contributed by atoms with Gasteiger partial charge in [-0.2, -0.15) is 0 Å². The van der Waals surface area contributed by atoms with Gasteiger partial charge in [-0.1, -0.05) is 12.2 Å². The number of aliphatic imine (C=N–C) groups is 1. The molecule has 0 radical (unpaired) electrons. The highest BCUT2D eigenvalue weighted by molar-refractivity contribution is 5.78. The summed E-state index contributed by atoms with van der Waals surface area (Å²) in [4.78, 5) is 8.48. The molecule has 1 saturated heterocycles. The first kappa shape index (κ1) is 15.3. The van der Waals surface area contributed by atoms with Crippen LogP contribution in [0.3, 0.4) is 0 Å². The monoisotopic (exact) mass is 290 g/mol. The smallest absolute Gasteiger partial charge is 0.213 e. The van der Waals surface area contributed by atoms with Gasteiger partial charge in [0.2, 0.25) is 5.88 Å². The standard InChI is InChI=1S/C15H22N4O2/c1-11(2)8-18-15(16)19-9-12-3-5-17-14(7-12)21-13-4-6-20-10-13/h3,5,7,13H,1,4,6,8-10H2,2H3,(H3,16,18,19). The Morgan fingerprint density at radius 1 is 1.67 bits per heavy atom. The summed E-state index contributed by atoms with van der Waals surface area (Å²) < 4.78 is 11.0. The summed E-state index contributed by atoms with van der Waals surface area (Å²) in [5, 5.41) is 2.99. The van der Waals surface area contributed by atoms with E-state index >= 15 is 0 Å². The minimum absolute atomic E-state index is 0.0959. The van der Waals surface area contributed by atoms with Crippen molar-refractivity contribution in [1.82, 2.24) is 10.3 Å². The van der Waals surface area contributed by atoms with Gasteiger partial charge in [0, 0.05) is 25.2 Å². The van der Waals surface area contributed by atoms with Crippen LogP contribution in [0.5, 0.6) is 5.88 Å². The van der Waals surface area contributed by atoms with E-state index in [9.17, 15) is 0 Å². The Kier molecular flexibility index (Phi) is 5.57. The summed E-state index contributed by atoms with van der Waals surface area (Å²) in [7, 11) is 0. The van der Waals surface area contributed by atoms with Crippen LogP contribution in [0.4, 0.5) is 0 Å². The SMILES string of the molecule is C=C(C)CNC(N)=NCc1ccnc(OC2CCOC2)c1. The van der Waals surface area contributed by atoms with Crippen LogP contribution in [-0.4, -0.2) is 36.8 Å². The number of hydrogen-bond acceptors (Lipinski definition) is 4. The first-order valence-electron chi connectivity index (χ1n) is 7.01. The van der Waals surface area contributed by atoms with Crippen LogP contribution in [0.1, 0.15) is 18.9 Å². The normalized spacial score (nSPS) is 18.5. The number of nitrogens with zero attached hydrogens (tertiary/aromatic N) is 2. The summed E-state index contributed by atoms with van der Waals surface area (Å²) in [6, 6.07) is 3.78. The maximum Gasteiger partial charge on any atom is 0.213 e. The second kappa shape index (κ2) is 7.64. The minimum Gasteiger partial charge on any atom is -0.472 e. The number of rotatable bonds is 6. The van der Waals surface area contributed by atoms with E-state index in [4.69, 9.17) is 15.2 Å². The Hall–Kier alpha value is -2.08. The van der Waals surface area contributed by atoms with Crippen LogP contribution < -0.4 is 15.8 Å².